The highest BCUT2D eigenvalue weighted by atomic mass is 16.5. The van der Waals surface area contributed by atoms with Crippen LogP contribution in [0, 0.1) is 0 Å². The monoisotopic (exact) mass is 291 g/mol. The third-order valence-electron chi connectivity index (χ3n) is 3.83. The summed E-state index contributed by atoms with van der Waals surface area (Å²) in [5, 5.41) is 6.00. The average molecular weight is 291 g/mol. The third kappa shape index (κ3) is 4.19. The molecule has 0 bridgehead atoms. The van der Waals surface area contributed by atoms with Crippen LogP contribution in [-0.4, -0.2) is 44.3 Å². The van der Waals surface area contributed by atoms with Gasteiger partial charge in [0.25, 0.3) is 0 Å². The van der Waals surface area contributed by atoms with Crippen LogP contribution >= 0.6 is 0 Å². The van der Waals surface area contributed by atoms with Gasteiger partial charge in [-0.2, -0.15) is 0 Å². The second kappa shape index (κ2) is 6.91. The average Bonchev–Trinajstić information content (AvgIpc) is 2.46. The molecular weight excluding hydrogens is 266 g/mol. The summed E-state index contributed by atoms with van der Waals surface area (Å²) >= 11 is 0. The van der Waals surface area contributed by atoms with Crippen molar-refractivity contribution in [2.75, 3.05) is 43.0 Å². The number of hydrogen-bond acceptors (Lipinski definition) is 4. The van der Waals surface area contributed by atoms with E-state index in [0.717, 1.165) is 31.9 Å². The van der Waals surface area contributed by atoms with Crippen molar-refractivity contribution in [1.82, 2.24) is 5.32 Å². The molecule has 0 spiro atoms. The first-order valence-electron chi connectivity index (χ1n) is 7.56. The summed E-state index contributed by atoms with van der Waals surface area (Å²) in [7, 11) is 0. The van der Waals surface area contributed by atoms with Gasteiger partial charge in [0.2, 0.25) is 5.91 Å². The van der Waals surface area contributed by atoms with Gasteiger partial charge in [-0.15, -0.1) is 0 Å². The zero-order valence-electron chi connectivity index (χ0n) is 13.1. The Kier molecular flexibility index (Phi) is 5.20. The summed E-state index contributed by atoms with van der Waals surface area (Å²) in [5.74, 6) is -0.112. The minimum absolute atomic E-state index is 0.0932. The van der Waals surface area contributed by atoms with E-state index in [1.54, 1.807) is 0 Å². The fraction of sp³-hybridized carbons (Fsp3) is 0.562. The number of nitrogens with zero attached hydrogens (tertiary/aromatic N) is 1. The van der Waals surface area contributed by atoms with Gasteiger partial charge in [0.1, 0.15) is 6.61 Å². The number of ether oxygens (including phenoxy) is 1. The molecule has 1 aromatic rings. The molecule has 0 radical (unpaired) electrons. The second-order valence-electron chi connectivity index (χ2n) is 5.61. The SMILES string of the molecule is CCN(CC)c1ccc(NC(=O)COC2(C)CNC2)cc1. The van der Waals surface area contributed by atoms with E-state index in [2.05, 4.69) is 29.4 Å². The Balaban J connectivity index is 1.83. The van der Waals surface area contributed by atoms with Crippen molar-refractivity contribution in [3.63, 3.8) is 0 Å². The smallest absolute Gasteiger partial charge is 0.250 e. The molecule has 0 aromatic heterocycles. The van der Waals surface area contributed by atoms with E-state index in [-0.39, 0.29) is 18.1 Å². The van der Waals surface area contributed by atoms with E-state index in [1.807, 2.05) is 31.2 Å². The number of benzene rings is 1. The molecule has 1 fully saturated rings. The maximum Gasteiger partial charge on any atom is 0.250 e. The van der Waals surface area contributed by atoms with Crippen LogP contribution in [0.1, 0.15) is 20.8 Å². The molecule has 1 heterocycles. The lowest BCUT2D eigenvalue weighted by Gasteiger charge is -2.38. The fourth-order valence-corrected chi connectivity index (χ4v) is 2.36. The van der Waals surface area contributed by atoms with Gasteiger partial charge in [-0.05, 0) is 45.0 Å². The zero-order chi connectivity index (χ0) is 15.3. The van der Waals surface area contributed by atoms with Crippen LogP contribution in [0.15, 0.2) is 24.3 Å². The number of carbonyl (C=O) groups is 1. The summed E-state index contributed by atoms with van der Waals surface area (Å²) < 4.78 is 5.61. The normalized spacial score (nSPS) is 16.1. The van der Waals surface area contributed by atoms with Crippen LogP contribution in [0.3, 0.4) is 0 Å². The Labute approximate surface area is 126 Å². The lowest BCUT2D eigenvalue weighted by Crippen LogP contribution is -2.59. The summed E-state index contributed by atoms with van der Waals surface area (Å²) in [4.78, 5) is 14.1. The van der Waals surface area contributed by atoms with Crippen LogP contribution < -0.4 is 15.5 Å². The Hall–Kier alpha value is -1.59. The van der Waals surface area contributed by atoms with Gasteiger partial charge in [-0.25, -0.2) is 0 Å². The molecule has 0 aliphatic carbocycles. The standard InChI is InChI=1S/C16H25N3O2/c1-4-19(5-2)14-8-6-13(7-9-14)18-15(20)10-21-16(3)11-17-12-16/h6-9,17H,4-5,10-12H2,1-3H3,(H,18,20). The molecule has 1 amide bonds. The molecule has 0 unspecified atom stereocenters. The Morgan fingerprint density at radius 3 is 2.38 bits per heavy atom. The van der Waals surface area contributed by atoms with Crippen molar-refractivity contribution >= 4 is 17.3 Å². The number of nitrogens with one attached hydrogen (secondary N) is 2. The van der Waals surface area contributed by atoms with Gasteiger partial charge in [0.15, 0.2) is 0 Å². The van der Waals surface area contributed by atoms with Gasteiger partial charge in [0, 0.05) is 37.6 Å². The molecule has 0 saturated carbocycles. The maximum atomic E-state index is 11.9. The van der Waals surface area contributed by atoms with Crippen LogP contribution in [-0.2, 0) is 9.53 Å². The topological polar surface area (TPSA) is 53.6 Å². The van der Waals surface area contributed by atoms with E-state index >= 15 is 0 Å². The van der Waals surface area contributed by atoms with E-state index in [9.17, 15) is 4.79 Å². The van der Waals surface area contributed by atoms with Gasteiger partial charge >= 0.3 is 0 Å². The Morgan fingerprint density at radius 2 is 1.90 bits per heavy atom. The molecule has 1 aromatic carbocycles. The Morgan fingerprint density at radius 1 is 1.29 bits per heavy atom. The van der Waals surface area contributed by atoms with Gasteiger partial charge in [0.05, 0.1) is 5.60 Å². The van der Waals surface area contributed by atoms with Crippen molar-refractivity contribution in [2.24, 2.45) is 0 Å². The van der Waals surface area contributed by atoms with E-state index in [4.69, 9.17) is 4.74 Å². The summed E-state index contributed by atoms with van der Waals surface area (Å²) in [6.07, 6.45) is 0. The van der Waals surface area contributed by atoms with Crippen molar-refractivity contribution in [3.8, 4) is 0 Å². The van der Waals surface area contributed by atoms with Crippen molar-refractivity contribution in [3.05, 3.63) is 24.3 Å². The van der Waals surface area contributed by atoms with Crippen LogP contribution in [0.4, 0.5) is 11.4 Å². The molecule has 1 aliphatic heterocycles. The number of carbonyl (C=O) groups excluding carboxylic acids is 1. The zero-order valence-corrected chi connectivity index (χ0v) is 13.1. The van der Waals surface area contributed by atoms with Gasteiger partial charge in [-0.3, -0.25) is 4.79 Å². The first kappa shape index (κ1) is 15.8. The minimum atomic E-state index is -0.191. The maximum absolute atomic E-state index is 11.9. The molecule has 5 heteroatoms. The summed E-state index contributed by atoms with van der Waals surface area (Å²) in [6.45, 7) is 9.92. The highest BCUT2D eigenvalue weighted by molar-refractivity contribution is 5.91. The van der Waals surface area contributed by atoms with E-state index < -0.39 is 0 Å². The number of rotatable bonds is 7. The predicted octanol–water partition coefficient (Wildman–Crippen LogP) is 1.85. The number of hydrogen-bond donors (Lipinski definition) is 2. The highest BCUT2D eigenvalue weighted by Gasteiger charge is 2.32. The first-order valence-corrected chi connectivity index (χ1v) is 7.56. The highest BCUT2D eigenvalue weighted by Crippen LogP contribution is 2.18. The van der Waals surface area contributed by atoms with Crippen molar-refractivity contribution in [2.45, 2.75) is 26.4 Å². The first-order chi connectivity index (χ1) is 10.1. The summed E-state index contributed by atoms with van der Waals surface area (Å²) in [5.41, 5.74) is 1.78. The number of anilines is 2. The third-order valence-corrected chi connectivity index (χ3v) is 3.83. The quantitative estimate of drug-likeness (QED) is 0.805. The van der Waals surface area contributed by atoms with Crippen molar-refractivity contribution < 1.29 is 9.53 Å². The van der Waals surface area contributed by atoms with E-state index in [1.165, 1.54) is 5.69 Å². The minimum Gasteiger partial charge on any atom is -0.372 e. The largest absolute Gasteiger partial charge is 0.372 e. The van der Waals surface area contributed by atoms with Crippen LogP contribution in [0.5, 0.6) is 0 Å². The molecule has 5 nitrogen and oxygen atoms in total. The lowest BCUT2D eigenvalue weighted by molar-refractivity contribution is -0.130. The fourth-order valence-electron chi connectivity index (χ4n) is 2.36. The molecule has 1 saturated heterocycles. The molecular formula is C16H25N3O2. The molecule has 0 atom stereocenters. The van der Waals surface area contributed by atoms with Gasteiger partial charge < -0.3 is 20.3 Å². The van der Waals surface area contributed by atoms with Gasteiger partial charge in [-0.1, -0.05) is 0 Å². The van der Waals surface area contributed by atoms with Crippen LogP contribution in [0.25, 0.3) is 0 Å². The van der Waals surface area contributed by atoms with Crippen LogP contribution in [0.2, 0.25) is 0 Å². The Bertz CT molecular complexity index is 465. The molecule has 2 N–H and O–H groups in total. The molecule has 21 heavy (non-hydrogen) atoms. The second-order valence-corrected chi connectivity index (χ2v) is 5.61. The molecule has 2 rings (SSSR count). The van der Waals surface area contributed by atoms with E-state index in [0.29, 0.717) is 0 Å². The van der Waals surface area contributed by atoms with Crippen molar-refractivity contribution in [1.29, 1.82) is 0 Å². The molecule has 116 valence electrons. The number of amides is 1. The predicted molar refractivity (Wildman–Crippen MR) is 85.9 cm³/mol. The lowest BCUT2D eigenvalue weighted by atomic mass is 10.0. The summed E-state index contributed by atoms with van der Waals surface area (Å²) in [6, 6.07) is 7.91. The molecule has 1 aliphatic rings.